The summed E-state index contributed by atoms with van der Waals surface area (Å²) in [6.45, 7) is 6.35. The van der Waals surface area contributed by atoms with Gasteiger partial charge >= 0.3 is 0 Å². The molecule has 1 heterocycles. The van der Waals surface area contributed by atoms with E-state index < -0.39 is 0 Å². The smallest absolute Gasteiger partial charge is 0.0309 e. The zero-order chi connectivity index (χ0) is 10.4. The lowest BCUT2D eigenvalue weighted by Gasteiger charge is -2.36. The first-order valence-electron chi connectivity index (χ1n) is 6.73. The van der Waals surface area contributed by atoms with Gasteiger partial charge in [0.15, 0.2) is 0 Å². The van der Waals surface area contributed by atoms with Gasteiger partial charge in [0.05, 0.1) is 0 Å². The summed E-state index contributed by atoms with van der Waals surface area (Å²) >= 11 is 0. The first-order chi connectivity index (χ1) is 7.23. The molecular weight excluding hydrogens is 184 g/mol. The van der Waals surface area contributed by atoms with E-state index in [1.807, 2.05) is 0 Å². The Morgan fingerprint density at radius 1 is 1.00 bits per heavy atom. The third-order valence-corrected chi connectivity index (χ3v) is 4.90. The summed E-state index contributed by atoms with van der Waals surface area (Å²) in [7, 11) is 0. The summed E-state index contributed by atoms with van der Waals surface area (Å²) in [6.07, 6.45) is 9.93. The maximum atomic E-state index is 3.85. The molecule has 2 heteroatoms. The summed E-state index contributed by atoms with van der Waals surface area (Å²) < 4.78 is 0. The normalized spacial score (nSPS) is 34.2. The minimum Gasteiger partial charge on any atom is -0.310 e. The summed E-state index contributed by atoms with van der Waals surface area (Å²) in [5.74, 6) is 0. The zero-order valence-corrected chi connectivity index (χ0v) is 10.0. The molecule has 1 spiro atoms. The van der Waals surface area contributed by atoms with Gasteiger partial charge in [-0.05, 0) is 52.1 Å². The van der Waals surface area contributed by atoms with Gasteiger partial charge in [-0.3, -0.25) is 4.90 Å². The van der Waals surface area contributed by atoms with Crippen LogP contribution in [0, 0.1) is 0 Å². The predicted molar refractivity (Wildman–Crippen MR) is 63.0 cm³/mol. The van der Waals surface area contributed by atoms with Crippen molar-refractivity contribution < 1.29 is 0 Å². The van der Waals surface area contributed by atoms with Crippen molar-refractivity contribution in [1.82, 2.24) is 10.2 Å². The molecule has 0 bridgehead atoms. The third kappa shape index (κ3) is 1.83. The molecule has 0 aromatic rings. The molecule has 3 rings (SSSR count). The molecule has 0 unspecified atom stereocenters. The molecule has 2 aliphatic carbocycles. The Morgan fingerprint density at radius 2 is 1.73 bits per heavy atom. The van der Waals surface area contributed by atoms with Gasteiger partial charge in [-0.15, -0.1) is 0 Å². The molecular formula is C13H24N2. The Labute approximate surface area is 93.4 Å². The third-order valence-electron chi connectivity index (χ3n) is 4.90. The van der Waals surface area contributed by atoms with E-state index in [2.05, 4.69) is 17.1 Å². The fourth-order valence-corrected chi connectivity index (χ4v) is 3.47. The van der Waals surface area contributed by atoms with E-state index in [4.69, 9.17) is 0 Å². The fourth-order valence-electron chi connectivity index (χ4n) is 3.47. The zero-order valence-electron chi connectivity index (χ0n) is 10.0. The Hall–Kier alpha value is -0.0800. The van der Waals surface area contributed by atoms with E-state index in [1.54, 1.807) is 0 Å². The van der Waals surface area contributed by atoms with Gasteiger partial charge in [-0.1, -0.05) is 12.8 Å². The molecule has 0 amide bonds. The monoisotopic (exact) mass is 208 g/mol. The van der Waals surface area contributed by atoms with Gasteiger partial charge in [0.25, 0.3) is 0 Å². The van der Waals surface area contributed by atoms with Crippen LogP contribution in [0.5, 0.6) is 0 Å². The molecule has 2 saturated carbocycles. The second-order valence-corrected chi connectivity index (χ2v) is 6.19. The Bertz CT molecular complexity index is 239. The standard InChI is InChI=1S/C13H24N2/c1-12(7-8-12)15-10-4-9-14-13(11-15)5-2-3-6-13/h14H,2-11H2,1H3. The Balaban J connectivity index is 1.74. The molecule has 0 atom stereocenters. The van der Waals surface area contributed by atoms with E-state index in [-0.39, 0.29) is 0 Å². The van der Waals surface area contributed by atoms with E-state index in [0.29, 0.717) is 11.1 Å². The molecule has 3 aliphatic rings. The summed E-state index contributed by atoms with van der Waals surface area (Å²) in [4.78, 5) is 2.79. The number of nitrogens with zero attached hydrogens (tertiary/aromatic N) is 1. The van der Waals surface area contributed by atoms with E-state index in [1.165, 1.54) is 64.6 Å². The van der Waals surface area contributed by atoms with Gasteiger partial charge in [0.2, 0.25) is 0 Å². The van der Waals surface area contributed by atoms with Crippen LogP contribution in [-0.4, -0.2) is 35.6 Å². The van der Waals surface area contributed by atoms with Crippen molar-refractivity contribution in [2.45, 2.75) is 62.9 Å². The predicted octanol–water partition coefficient (Wildman–Crippen LogP) is 2.15. The SMILES string of the molecule is CC1(N2CCCNC3(CCCC3)C2)CC1. The molecule has 15 heavy (non-hydrogen) atoms. The average Bonchev–Trinajstić information content (AvgIpc) is 2.85. The number of nitrogens with one attached hydrogen (secondary N) is 1. The van der Waals surface area contributed by atoms with Crippen LogP contribution in [0.4, 0.5) is 0 Å². The molecule has 1 aliphatic heterocycles. The fraction of sp³-hybridized carbons (Fsp3) is 1.00. The minimum absolute atomic E-state index is 0.502. The second kappa shape index (κ2) is 3.46. The molecule has 3 fully saturated rings. The van der Waals surface area contributed by atoms with Gasteiger partial charge in [0, 0.05) is 17.6 Å². The van der Waals surface area contributed by atoms with Crippen molar-refractivity contribution in [3.63, 3.8) is 0 Å². The summed E-state index contributed by atoms with van der Waals surface area (Å²) in [6, 6.07) is 0. The second-order valence-electron chi connectivity index (χ2n) is 6.19. The Morgan fingerprint density at radius 3 is 2.40 bits per heavy atom. The number of hydrogen-bond acceptors (Lipinski definition) is 2. The highest BCUT2D eigenvalue weighted by Crippen LogP contribution is 2.44. The van der Waals surface area contributed by atoms with Crippen LogP contribution in [0.2, 0.25) is 0 Å². The van der Waals surface area contributed by atoms with Crippen molar-refractivity contribution in [3.05, 3.63) is 0 Å². The molecule has 0 radical (unpaired) electrons. The van der Waals surface area contributed by atoms with Crippen LogP contribution < -0.4 is 5.32 Å². The molecule has 2 nitrogen and oxygen atoms in total. The number of hydrogen-bond donors (Lipinski definition) is 1. The summed E-state index contributed by atoms with van der Waals surface area (Å²) in [5.41, 5.74) is 1.09. The van der Waals surface area contributed by atoms with Crippen molar-refractivity contribution >= 4 is 0 Å². The first-order valence-corrected chi connectivity index (χ1v) is 6.73. The van der Waals surface area contributed by atoms with Gasteiger partial charge < -0.3 is 5.32 Å². The highest BCUT2D eigenvalue weighted by molar-refractivity contribution is 5.05. The quantitative estimate of drug-likeness (QED) is 0.710. The lowest BCUT2D eigenvalue weighted by molar-refractivity contribution is 0.151. The highest BCUT2D eigenvalue weighted by atomic mass is 15.3. The van der Waals surface area contributed by atoms with Crippen molar-refractivity contribution in [1.29, 1.82) is 0 Å². The van der Waals surface area contributed by atoms with Crippen LogP contribution in [0.3, 0.4) is 0 Å². The highest BCUT2D eigenvalue weighted by Gasteiger charge is 2.47. The molecule has 0 aromatic carbocycles. The average molecular weight is 208 g/mol. The lowest BCUT2D eigenvalue weighted by atomic mass is 9.96. The van der Waals surface area contributed by atoms with Crippen LogP contribution in [0.15, 0.2) is 0 Å². The molecule has 1 saturated heterocycles. The summed E-state index contributed by atoms with van der Waals surface area (Å²) in [5, 5.41) is 3.85. The maximum absolute atomic E-state index is 3.85. The minimum atomic E-state index is 0.502. The van der Waals surface area contributed by atoms with E-state index in [0.717, 1.165) is 0 Å². The number of rotatable bonds is 1. The largest absolute Gasteiger partial charge is 0.310 e. The first kappa shape index (κ1) is 10.1. The molecule has 86 valence electrons. The van der Waals surface area contributed by atoms with Crippen LogP contribution in [0.1, 0.15) is 51.9 Å². The van der Waals surface area contributed by atoms with Crippen LogP contribution >= 0.6 is 0 Å². The topological polar surface area (TPSA) is 15.3 Å². The molecule has 1 N–H and O–H groups in total. The van der Waals surface area contributed by atoms with Crippen molar-refractivity contribution in [2.75, 3.05) is 19.6 Å². The molecule has 0 aromatic heterocycles. The Kier molecular flexibility index (Phi) is 2.33. The van der Waals surface area contributed by atoms with Gasteiger partial charge in [-0.2, -0.15) is 0 Å². The van der Waals surface area contributed by atoms with Crippen LogP contribution in [-0.2, 0) is 0 Å². The van der Waals surface area contributed by atoms with Crippen molar-refractivity contribution in [2.24, 2.45) is 0 Å². The van der Waals surface area contributed by atoms with Gasteiger partial charge in [0.1, 0.15) is 0 Å². The maximum Gasteiger partial charge on any atom is 0.0309 e. The lowest BCUT2D eigenvalue weighted by Crippen LogP contribution is -2.51. The van der Waals surface area contributed by atoms with E-state index >= 15 is 0 Å². The van der Waals surface area contributed by atoms with Crippen molar-refractivity contribution in [3.8, 4) is 0 Å². The van der Waals surface area contributed by atoms with Gasteiger partial charge in [-0.25, -0.2) is 0 Å². The van der Waals surface area contributed by atoms with Crippen LogP contribution in [0.25, 0.3) is 0 Å². The van der Waals surface area contributed by atoms with E-state index in [9.17, 15) is 0 Å².